The van der Waals surface area contributed by atoms with E-state index in [9.17, 15) is 4.79 Å². The highest BCUT2D eigenvalue weighted by atomic mass is 16.5. The second-order valence-electron chi connectivity index (χ2n) is 7.11. The third kappa shape index (κ3) is 5.09. The first-order chi connectivity index (χ1) is 12.6. The average molecular weight is 352 g/mol. The normalized spacial score (nSPS) is 15.6. The van der Waals surface area contributed by atoms with Gasteiger partial charge < -0.3 is 10.1 Å². The van der Waals surface area contributed by atoms with Gasteiger partial charge in [-0.05, 0) is 56.1 Å². The monoisotopic (exact) mass is 352 g/mol. The molecule has 4 nitrogen and oxygen atoms in total. The Labute approximate surface area is 156 Å². The van der Waals surface area contributed by atoms with Crippen LogP contribution in [-0.2, 0) is 17.9 Å². The Morgan fingerprint density at radius 3 is 2.58 bits per heavy atom. The number of piperidine rings is 1. The predicted octanol–water partition coefficient (Wildman–Crippen LogP) is 3.53. The molecule has 0 bridgehead atoms. The van der Waals surface area contributed by atoms with E-state index in [1.165, 1.54) is 11.1 Å². The average Bonchev–Trinajstić information content (AvgIpc) is 2.67. The summed E-state index contributed by atoms with van der Waals surface area (Å²) in [5, 5.41) is 3.08. The summed E-state index contributed by atoms with van der Waals surface area (Å²) in [6.07, 6.45) is 1.85. The Morgan fingerprint density at radius 1 is 1.12 bits per heavy atom. The first kappa shape index (κ1) is 18.5. The van der Waals surface area contributed by atoms with Gasteiger partial charge in [0.2, 0.25) is 5.91 Å². The number of hydrogen-bond acceptors (Lipinski definition) is 3. The summed E-state index contributed by atoms with van der Waals surface area (Å²) in [6, 6.07) is 16.5. The lowest BCUT2D eigenvalue weighted by Crippen LogP contribution is -2.40. The third-order valence-corrected chi connectivity index (χ3v) is 5.05. The van der Waals surface area contributed by atoms with Crippen LogP contribution >= 0.6 is 0 Å². The summed E-state index contributed by atoms with van der Waals surface area (Å²) in [7, 11) is 1.65. The molecular formula is C22H28N2O2. The van der Waals surface area contributed by atoms with E-state index in [1.54, 1.807) is 7.11 Å². The maximum absolute atomic E-state index is 12.5. The fourth-order valence-electron chi connectivity index (χ4n) is 3.54. The molecule has 2 aromatic rings. The maximum atomic E-state index is 12.5. The molecule has 0 aromatic heterocycles. The van der Waals surface area contributed by atoms with E-state index >= 15 is 0 Å². The summed E-state index contributed by atoms with van der Waals surface area (Å²) in [4.78, 5) is 14.9. The highest BCUT2D eigenvalue weighted by Gasteiger charge is 2.24. The second kappa shape index (κ2) is 8.86. The van der Waals surface area contributed by atoms with Crippen molar-refractivity contribution in [3.8, 4) is 5.75 Å². The molecule has 0 saturated carbocycles. The minimum Gasteiger partial charge on any atom is -0.497 e. The molecule has 138 valence electrons. The molecule has 1 saturated heterocycles. The molecule has 2 aromatic carbocycles. The molecule has 0 radical (unpaired) electrons. The number of carbonyl (C=O) groups is 1. The Balaban J connectivity index is 1.44. The Morgan fingerprint density at radius 2 is 1.85 bits per heavy atom. The molecule has 0 atom stereocenters. The van der Waals surface area contributed by atoms with Gasteiger partial charge in [-0.2, -0.15) is 0 Å². The maximum Gasteiger partial charge on any atom is 0.223 e. The van der Waals surface area contributed by atoms with Crippen molar-refractivity contribution in [2.45, 2.75) is 32.9 Å². The van der Waals surface area contributed by atoms with Gasteiger partial charge in [-0.3, -0.25) is 9.69 Å². The largest absolute Gasteiger partial charge is 0.497 e. The van der Waals surface area contributed by atoms with Gasteiger partial charge in [0.1, 0.15) is 5.75 Å². The molecule has 4 heteroatoms. The van der Waals surface area contributed by atoms with Crippen LogP contribution in [0, 0.1) is 12.8 Å². The molecule has 1 amide bonds. The summed E-state index contributed by atoms with van der Waals surface area (Å²) in [6.45, 7) is 5.61. The zero-order valence-electron chi connectivity index (χ0n) is 15.7. The molecule has 0 spiro atoms. The number of benzene rings is 2. The van der Waals surface area contributed by atoms with Crippen LogP contribution in [0.1, 0.15) is 29.5 Å². The van der Waals surface area contributed by atoms with E-state index in [1.807, 2.05) is 24.3 Å². The fraction of sp³-hybridized carbons (Fsp3) is 0.409. The number of hydrogen-bond donors (Lipinski definition) is 1. The fourth-order valence-corrected chi connectivity index (χ4v) is 3.54. The van der Waals surface area contributed by atoms with E-state index in [0.29, 0.717) is 6.54 Å². The number of nitrogens with zero attached hydrogens (tertiary/aromatic N) is 1. The summed E-state index contributed by atoms with van der Waals surface area (Å²) in [5.74, 6) is 1.11. The number of methoxy groups -OCH3 is 1. The predicted molar refractivity (Wildman–Crippen MR) is 104 cm³/mol. The third-order valence-electron chi connectivity index (χ3n) is 5.05. The van der Waals surface area contributed by atoms with Crippen LogP contribution in [0.4, 0.5) is 0 Å². The number of rotatable bonds is 6. The van der Waals surface area contributed by atoms with Crippen LogP contribution in [0.3, 0.4) is 0 Å². The quantitative estimate of drug-likeness (QED) is 0.865. The first-order valence-corrected chi connectivity index (χ1v) is 9.32. The van der Waals surface area contributed by atoms with Crippen LogP contribution in [0.15, 0.2) is 48.5 Å². The minimum absolute atomic E-state index is 0.120. The van der Waals surface area contributed by atoms with Crippen LogP contribution < -0.4 is 10.1 Å². The number of likely N-dealkylation sites (tertiary alicyclic amines) is 1. The standard InChI is InChI=1S/C22H28N2O2/c1-17-5-3-7-19(13-17)16-24-11-9-20(10-12-24)22(25)23-15-18-6-4-8-21(14-18)26-2/h3-8,13-14,20H,9-12,15-16H2,1-2H3,(H,23,25). The van der Waals surface area contributed by atoms with E-state index < -0.39 is 0 Å². The van der Waals surface area contributed by atoms with Crippen LogP contribution in [0.25, 0.3) is 0 Å². The number of aryl methyl sites for hydroxylation is 1. The van der Waals surface area contributed by atoms with E-state index in [0.717, 1.165) is 43.8 Å². The van der Waals surface area contributed by atoms with Crippen molar-refractivity contribution in [2.75, 3.05) is 20.2 Å². The van der Waals surface area contributed by atoms with Crippen molar-refractivity contribution >= 4 is 5.91 Å². The zero-order valence-corrected chi connectivity index (χ0v) is 15.7. The van der Waals surface area contributed by atoms with Crippen LogP contribution in [0.2, 0.25) is 0 Å². The van der Waals surface area contributed by atoms with Gasteiger partial charge in [-0.1, -0.05) is 42.0 Å². The lowest BCUT2D eigenvalue weighted by molar-refractivity contribution is -0.126. The number of carbonyl (C=O) groups excluding carboxylic acids is 1. The molecule has 0 aliphatic carbocycles. The zero-order chi connectivity index (χ0) is 18.4. The molecule has 0 unspecified atom stereocenters. The number of ether oxygens (including phenoxy) is 1. The molecule has 3 rings (SSSR count). The highest BCUT2D eigenvalue weighted by Crippen LogP contribution is 2.20. The van der Waals surface area contributed by atoms with E-state index in [2.05, 4.69) is 41.4 Å². The van der Waals surface area contributed by atoms with Gasteiger partial charge in [0, 0.05) is 19.0 Å². The molecule has 1 N–H and O–H groups in total. The Hall–Kier alpha value is -2.33. The van der Waals surface area contributed by atoms with Crippen molar-refractivity contribution in [1.29, 1.82) is 0 Å². The molecule has 1 fully saturated rings. The van der Waals surface area contributed by atoms with Gasteiger partial charge in [-0.15, -0.1) is 0 Å². The summed E-state index contributed by atoms with van der Waals surface area (Å²) >= 11 is 0. The molecule has 1 aliphatic rings. The topological polar surface area (TPSA) is 41.6 Å². The summed E-state index contributed by atoms with van der Waals surface area (Å²) < 4.78 is 5.23. The summed E-state index contributed by atoms with van der Waals surface area (Å²) in [5.41, 5.74) is 3.72. The van der Waals surface area contributed by atoms with Crippen molar-refractivity contribution in [3.05, 3.63) is 65.2 Å². The lowest BCUT2D eigenvalue weighted by Gasteiger charge is -2.31. The Bertz CT molecular complexity index is 736. The minimum atomic E-state index is 0.120. The number of nitrogens with one attached hydrogen (secondary N) is 1. The van der Waals surface area contributed by atoms with Crippen molar-refractivity contribution in [2.24, 2.45) is 5.92 Å². The van der Waals surface area contributed by atoms with E-state index in [4.69, 9.17) is 4.74 Å². The van der Waals surface area contributed by atoms with Crippen molar-refractivity contribution < 1.29 is 9.53 Å². The number of amides is 1. The van der Waals surface area contributed by atoms with Gasteiger partial charge in [0.25, 0.3) is 0 Å². The second-order valence-corrected chi connectivity index (χ2v) is 7.11. The van der Waals surface area contributed by atoms with Crippen molar-refractivity contribution in [3.63, 3.8) is 0 Å². The Kier molecular flexibility index (Phi) is 6.29. The van der Waals surface area contributed by atoms with Gasteiger partial charge >= 0.3 is 0 Å². The highest BCUT2D eigenvalue weighted by molar-refractivity contribution is 5.78. The lowest BCUT2D eigenvalue weighted by atomic mass is 9.95. The van der Waals surface area contributed by atoms with Crippen molar-refractivity contribution in [1.82, 2.24) is 10.2 Å². The first-order valence-electron chi connectivity index (χ1n) is 9.32. The van der Waals surface area contributed by atoms with Crippen LogP contribution in [-0.4, -0.2) is 31.0 Å². The van der Waals surface area contributed by atoms with E-state index in [-0.39, 0.29) is 11.8 Å². The molecular weight excluding hydrogens is 324 g/mol. The SMILES string of the molecule is COc1cccc(CNC(=O)C2CCN(Cc3cccc(C)c3)CC2)c1. The van der Waals surface area contributed by atoms with Crippen LogP contribution in [0.5, 0.6) is 5.75 Å². The van der Waals surface area contributed by atoms with Gasteiger partial charge in [0.05, 0.1) is 7.11 Å². The van der Waals surface area contributed by atoms with Gasteiger partial charge in [0.15, 0.2) is 0 Å². The van der Waals surface area contributed by atoms with Gasteiger partial charge in [-0.25, -0.2) is 0 Å². The molecule has 1 heterocycles. The smallest absolute Gasteiger partial charge is 0.223 e. The molecule has 26 heavy (non-hydrogen) atoms. The molecule has 1 aliphatic heterocycles.